The van der Waals surface area contributed by atoms with Crippen molar-refractivity contribution in [3.8, 4) is 0 Å². The number of hydrogen-bond donors (Lipinski definition) is 1. The molecule has 1 aromatic rings. The SMILES string of the molecule is CC.CCCc1c(C=O)cccc1NC(=O)C12CC(C)CC(CC(C)C1)C2. The zero-order chi connectivity index (χ0) is 20.0. The molecule has 2 aliphatic rings. The van der Waals surface area contributed by atoms with Gasteiger partial charge in [-0.05, 0) is 67.9 Å². The van der Waals surface area contributed by atoms with E-state index in [1.807, 2.05) is 32.0 Å². The first kappa shape index (κ1) is 21.7. The van der Waals surface area contributed by atoms with Crippen molar-refractivity contribution in [2.24, 2.45) is 23.2 Å². The van der Waals surface area contributed by atoms with Gasteiger partial charge in [0.05, 0.1) is 5.41 Å². The van der Waals surface area contributed by atoms with Crippen LogP contribution in [0.4, 0.5) is 5.69 Å². The smallest absolute Gasteiger partial charge is 0.230 e. The van der Waals surface area contributed by atoms with E-state index in [0.29, 0.717) is 23.3 Å². The zero-order valence-electron chi connectivity index (χ0n) is 17.8. The Bertz CT molecular complexity index is 632. The van der Waals surface area contributed by atoms with Crippen LogP contribution in [-0.2, 0) is 11.2 Å². The number of aldehydes is 1. The van der Waals surface area contributed by atoms with E-state index in [4.69, 9.17) is 0 Å². The highest BCUT2D eigenvalue weighted by Gasteiger charge is 2.49. The van der Waals surface area contributed by atoms with Crippen molar-refractivity contribution in [1.82, 2.24) is 0 Å². The molecule has 0 aliphatic heterocycles. The van der Waals surface area contributed by atoms with Crippen molar-refractivity contribution in [2.75, 3.05) is 5.32 Å². The molecule has 2 saturated carbocycles. The number of fused-ring (bicyclic) bond motifs is 2. The molecule has 3 heteroatoms. The van der Waals surface area contributed by atoms with Crippen LogP contribution in [0.1, 0.15) is 89.1 Å². The number of carbonyl (C=O) groups excluding carboxylic acids is 2. The molecular weight excluding hydrogens is 334 g/mol. The Morgan fingerprint density at radius 1 is 1.15 bits per heavy atom. The molecule has 3 nitrogen and oxygen atoms in total. The van der Waals surface area contributed by atoms with Crippen LogP contribution in [0.25, 0.3) is 0 Å². The van der Waals surface area contributed by atoms with Crippen LogP contribution >= 0.6 is 0 Å². The molecule has 0 heterocycles. The van der Waals surface area contributed by atoms with Gasteiger partial charge in [-0.1, -0.05) is 53.2 Å². The van der Waals surface area contributed by atoms with E-state index >= 15 is 0 Å². The minimum atomic E-state index is -0.222. The maximum Gasteiger partial charge on any atom is 0.230 e. The highest BCUT2D eigenvalue weighted by Crippen LogP contribution is 2.53. The molecule has 2 fully saturated rings. The van der Waals surface area contributed by atoms with Crippen molar-refractivity contribution in [1.29, 1.82) is 0 Å². The van der Waals surface area contributed by atoms with E-state index in [1.165, 1.54) is 12.8 Å². The van der Waals surface area contributed by atoms with Gasteiger partial charge < -0.3 is 5.32 Å². The zero-order valence-corrected chi connectivity index (χ0v) is 17.8. The average Bonchev–Trinajstić information content (AvgIpc) is 2.63. The largest absolute Gasteiger partial charge is 0.325 e. The number of benzene rings is 1. The first-order valence-electron chi connectivity index (χ1n) is 10.9. The van der Waals surface area contributed by atoms with Crippen molar-refractivity contribution in [2.45, 2.75) is 79.6 Å². The molecule has 3 rings (SSSR count). The van der Waals surface area contributed by atoms with E-state index in [-0.39, 0.29) is 11.3 Å². The molecule has 1 aromatic carbocycles. The monoisotopic (exact) mass is 371 g/mol. The third-order valence-corrected chi connectivity index (χ3v) is 6.20. The summed E-state index contributed by atoms with van der Waals surface area (Å²) < 4.78 is 0. The van der Waals surface area contributed by atoms with Crippen LogP contribution in [-0.4, -0.2) is 12.2 Å². The van der Waals surface area contributed by atoms with Gasteiger partial charge >= 0.3 is 0 Å². The van der Waals surface area contributed by atoms with E-state index in [2.05, 4.69) is 26.1 Å². The summed E-state index contributed by atoms with van der Waals surface area (Å²) in [5, 5.41) is 3.23. The summed E-state index contributed by atoms with van der Waals surface area (Å²) in [6, 6.07) is 5.65. The van der Waals surface area contributed by atoms with Crippen LogP contribution in [0.15, 0.2) is 18.2 Å². The predicted molar refractivity (Wildman–Crippen MR) is 113 cm³/mol. The Morgan fingerprint density at radius 3 is 2.33 bits per heavy atom. The predicted octanol–water partition coefficient (Wildman–Crippen LogP) is 6.27. The number of carbonyl (C=O) groups is 2. The quantitative estimate of drug-likeness (QED) is 0.620. The normalized spacial score (nSPS) is 29.3. The Hall–Kier alpha value is -1.64. The van der Waals surface area contributed by atoms with Gasteiger partial charge in [-0.25, -0.2) is 0 Å². The van der Waals surface area contributed by atoms with Crippen LogP contribution in [0.3, 0.4) is 0 Å². The first-order chi connectivity index (χ1) is 13.0. The third-order valence-electron chi connectivity index (χ3n) is 6.20. The minimum Gasteiger partial charge on any atom is -0.325 e. The van der Waals surface area contributed by atoms with Crippen LogP contribution in [0, 0.1) is 23.2 Å². The lowest BCUT2D eigenvalue weighted by atomic mass is 9.56. The molecule has 0 radical (unpaired) electrons. The van der Waals surface area contributed by atoms with Gasteiger partial charge in [0.1, 0.15) is 6.29 Å². The molecule has 2 atom stereocenters. The van der Waals surface area contributed by atoms with E-state index in [9.17, 15) is 9.59 Å². The van der Waals surface area contributed by atoms with Gasteiger partial charge in [0.2, 0.25) is 5.91 Å². The number of rotatable bonds is 5. The summed E-state index contributed by atoms with van der Waals surface area (Å²) in [5.41, 5.74) is 2.29. The Kier molecular flexibility index (Phi) is 7.64. The molecule has 0 saturated heterocycles. The number of hydrogen-bond acceptors (Lipinski definition) is 2. The maximum atomic E-state index is 13.3. The fourth-order valence-corrected chi connectivity index (χ4v) is 5.60. The summed E-state index contributed by atoms with van der Waals surface area (Å²) in [6.07, 6.45) is 8.22. The lowest BCUT2D eigenvalue weighted by Crippen LogP contribution is -2.47. The minimum absolute atomic E-state index is 0.177. The average molecular weight is 372 g/mol. The number of anilines is 1. The van der Waals surface area contributed by atoms with Gasteiger partial charge in [-0.2, -0.15) is 0 Å². The molecule has 2 aliphatic carbocycles. The summed E-state index contributed by atoms with van der Waals surface area (Å²) in [7, 11) is 0. The molecule has 0 aromatic heterocycles. The molecule has 0 spiro atoms. The Labute approximate surface area is 165 Å². The molecule has 2 bridgehead atoms. The summed E-state index contributed by atoms with van der Waals surface area (Å²) in [4.78, 5) is 24.7. The van der Waals surface area contributed by atoms with Gasteiger partial charge in [0.15, 0.2) is 0 Å². The van der Waals surface area contributed by atoms with E-state index in [1.54, 1.807) is 0 Å². The molecule has 1 N–H and O–H groups in total. The molecule has 27 heavy (non-hydrogen) atoms. The second-order valence-corrected chi connectivity index (χ2v) is 8.64. The van der Waals surface area contributed by atoms with Gasteiger partial charge in [0, 0.05) is 11.3 Å². The maximum absolute atomic E-state index is 13.3. The fraction of sp³-hybridized carbons (Fsp3) is 0.667. The Morgan fingerprint density at radius 2 is 1.78 bits per heavy atom. The van der Waals surface area contributed by atoms with Crippen LogP contribution < -0.4 is 5.32 Å². The van der Waals surface area contributed by atoms with Crippen molar-refractivity contribution in [3.05, 3.63) is 29.3 Å². The van der Waals surface area contributed by atoms with Gasteiger partial charge in [0.25, 0.3) is 0 Å². The Balaban J connectivity index is 0.00000126. The molecule has 1 amide bonds. The van der Waals surface area contributed by atoms with Gasteiger partial charge in [-0.15, -0.1) is 0 Å². The van der Waals surface area contributed by atoms with Crippen LogP contribution in [0.5, 0.6) is 0 Å². The molecule has 2 unspecified atom stereocenters. The second-order valence-electron chi connectivity index (χ2n) is 8.64. The molecular formula is C24H37NO2. The summed E-state index contributed by atoms with van der Waals surface area (Å²) >= 11 is 0. The van der Waals surface area contributed by atoms with E-state index < -0.39 is 0 Å². The topological polar surface area (TPSA) is 46.2 Å². The van der Waals surface area contributed by atoms with Gasteiger partial charge in [-0.3, -0.25) is 9.59 Å². The summed E-state index contributed by atoms with van der Waals surface area (Å²) in [5.74, 6) is 2.10. The third kappa shape index (κ3) is 4.80. The second kappa shape index (κ2) is 9.52. The standard InChI is InChI=1S/C22H31NO2.C2H6/c1-4-6-19-18(14-24)7-5-8-20(19)23-21(25)22-11-15(2)9-17(13-22)10-16(3)12-22;1-2/h5,7-8,14-17H,4,6,9-13H2,1-3H3,(H,23,25);1-2H3. The summed E-state index contributed by atoms with van der Waals surface area (Å²) in [6.45, 7) is 10.7. The highest BCUT2D eigenvalue weighted by molar-refractivity contribution is 5.97. The van der Waals surface area contributed by atoms with Crippen molar-refractivity contribution < 1.29 is 9.59 Å². The lowest BCUT2D eigenvalue weighted by Gasteiger charge is -2.48. The molecule has 150 valence electrons. The van der Waals surface area contributed by atoms with Crippen molar-refractivity contribution in [3.63, 3.8) is 0 Å². The fourth-order valence-electron chi connectivity index (χ4n) is 5.60. The van der Waals surface area contributed by atoms with E-state index in [0.717, 1.165) is 49.6 Å². The lowest BCUT2D eigenvalue weighted by molar-refractivity contribution is -0.133. The number of amides is 1. The van der Waals surface area contributed by atoms with Crippen LogP contribution in [0.2, 0.25) is 0 Å². The first-order valence-corrected chi connectivity index (χ1v) is 10.9. The number of nitrogens with one attached hydrogen (secondary N) is 1. The highest BCUT2D eigenvalue weighted by atomic mass is 16.2. The van der Waals surface area contributed by atoms with Crippen molar-refractivity contribution >= 4 is 17.9 Å².